The Morgan fingerprint density at radius 2 is 1.90 bits per heavy atom. The zero-order chi connectivity index (χ0) is 15.1. The SMILES string of the molecule is C=C(COCCN(C(C)=O)c1ccc(O)cc1)C(=O)O. The van der Waals surface area contributed by atoms with Gasteiger partial charge in [-0.05, 0) is 24.3 Å². The molecule has 6 heteroatoms. The van der Waals surface area contributed by atoms with Gasteiger partial charge in [0.2, 0.25) is 5.91 Å². The molecule has 0 bridgehead atoms. The number of anilines is 1. The van der Waals surface area contributed by atoms with E-state index in [1.807, 2.05) is 0 Å². The number of carboxylic acid groups (broad SMARTS) is 1. The maximum atomic E-state index is 11.6. The number of hydrogen-bond acceptors (Lipinski definition) is 4. The molecule has 0 atom stereocenters. The fourth-order valence-corrected chi connectivity index (χ4v) is 1.51. The van der Waals surface area contributed by atoms with Gasteiger partial charge in [-0.1, -0.05) is 6.58 Å². The second-order valence-electron chi connectivity index (χ2n) is 4.15. The molecule has 6 nitrogen and oxygen atoms in total. The summed E-state index contributed by atoms with van der Waals surface area (Å²) >= 11 is 0. The molecule has 1 aromatic carbocycles. The van der Waals surface area contributed by atoms with Crippen molar-refractivity contribution in [3.8, 4) is 5.75 Å². The molecule has 0 aliphatic carbocycles. The van der Waals surface area contributed by atoms with E-state index >= 15 is 0 Å². The third-order valence-corrected chi connectivity index (χ3v) is 2.58. The number of amides is 1. The van der Waals surface area contributed by atoms with Crippen LogP contribution in [-0.2, 0) is 14.3 Å². The zero-order valence-electron chi connectivity index (χ0n) is 11.2. The number of aromatic hydroxyl groups is 1. The maximum absolute atomic E-state index is 11.6. The molecule has 0 saturated carbocycles. The van der Waals surface area contributed by atoms with Crippen LogP contribution in [0, 0.1) is 0 Å². The van der Waals surface area contributed by atoms with Crippen molar-refractivity contribution >= 4 is 17.6 Å². The number of carbonyl (C=O) groups excluding carboxylic acids is 1. The van der Waals surface area contributed by atoms with Crippen LogP contribution in [0.4, 0.5) is 5.69 Å². The molecule has 0 aliphatic heterocycles. The number of benzene rings is 1. The summed E-state index contributed by atoms with van der Waals surface area (Å²) in [5.74, 6) is -1.16. The highest BCUT2D eigenvalue weighted by molar-refractivity contribution is 5.91. The number of nitrogens with zero attached hydrogens (tertiary/aromatic N) is 1. The Balaban J connectivity index is 2.52. The third-order valence-electron chi connectivity index (χ3n) is 2.58. The summed E-state index contributed by atoms with van der Waals surface area (Å²) in [5, 5.41) is 17.8. The van der Waals surface area contributed by atoms with E-state index in [4.69, 9.17) is 9.84 Å². The first-order valence-corrected chi connectivity index (χ1v) is 5.97. The Kier molecular flexibility index (Phi) is 5.74. The molecule has 20 heavy (non-hydrogen) atoms. The number of carboxylic acids is 1. The fourth-order valence-electron chi connectivity index (χ4n) is 1.51. The van der Waals surface area contributed by atoms with Crippen LogP contribution in [0.1, 0.15) is 6.92 Å². The van der Waals surface area contributed by atoms with Crippen LogP contribution in [0.25, 0.3) is 0 Å². The van der Waals surface area contributed by atoms with E-state index in [1.54, 1.807) is 12.1 Å². The summed E-state index contributed by atoms with van der Waals surface area (Å²) in [5.41, 5.74) is 0.597. The predicted molar refractivity (Wildman–Crippen MR) is 73.7 cm³/mol. The molecule has 0 saturated heterocycles. The van der Waals surface area contributed by atoms with Crippen LogP contribution in [-0.4, -0.2) is 41.8 Å². The monoisotopic (exact) mass is 279 g/mol. The third kappa shape index (κ3) is 4.74. The van der Waals surface area contributed by atoms with Crippen molar-refractivity contribution in [1.82, 2.24) is 0 Å². The summed E-state index contributed by atoms with van der Waals surface area (Å²) in [6.45, 7) is 5.15. The van der Waals surface area contributed by atoms with Gasteiger partial charge < -0.3 is 19.8 Å². The van der Waals surface area contributed by atoms with Crippen LogP contribution in [0.5, 0.6) is 5.75 Å². The number of carbonyl (C=O) groups is 2. The van der Waals surface area contributed by atoms with E-state index in [1.165, 1.54) is 24.0 Å². The molecule has 2 N–H and O–H groups in total. The number of hydrogen-bond donors (Lipinski definition) is 2. The van der Waals surface area contributed by atoms with Gasteiger partial charge in [-0.25, -0.2) is 4.79 Å². The largest absolute Gasteiger partial charge is 0.508 e. The number of phenolic OH excluding ortho intramolecular Hbond substituents is 1. The molecular weight excluding hydrogens is 262 g/mol. The molecule has 0 spiro atoms. The normalized spacial score (nSPS) is 10.1. The highest BCUT2D eigenvalue weighted by Gasteiger charge is 2.11. The minimum atomic E-state index is -1.10. The van der Waals surface area contributed by atoms with Crippen molar-refractivity contribution in [2.24, 2.45) is 0 Å². The van der Waals surface area contributed by atoms with Crippen molar-refractivity contribution in [2.75, 3.05) is 24.7 Å². The van der Waals surface area contributed by atoms with Crippen molar-refractivity contribution in [3.63, 3.8) is 0 Å². The molecule has 0 unspecified atom stereocenters. The molecule has 0 heterocycles. The van der Waals surface area contributed by atoms with Gasteiger partial charge in [-0.2, -0.15) is 0 Å². The summed E-state index contributed by atoms with van der Waals surface area (Å²) in [6.07, 6.45) is 0. The highest BCUT2D eigenvalue weighted by atomic mass is 16.5. The minimum Gasteiger partial charge on any atom is -0.508 e. The smallest absolute Gasteiger partial charge is 0.333 e. The fraction of sp³-hybridized carbons (Fsp3) is 0.286. The Bertz CT molecular complexity index is 495. The van der Waals surface area contributed by atoms with E-state index in [0.29, 0.717) is 5.69 Å². The Labute approximate surface area is 116 Å². The van der Waals surface area contributed by atoms with Crippen molar-refractivity contribution in [1.29, 1.82) is 0 Å². The molecule has 108 valence electrons. The van der Waals surface area contributed by atoms with Gasteiger partial charge in [0, 0.05) is 19.2 Å². The first kappa shape index (κ1) is 15.7. The Morgan fingerprint density at radius 1 is 1.30 bits per heavy atom. The predicted octanol–water partition coefficient (Wildman–Crippen LogP) is 1.40. The van der Waals surface area contributed by atoms with Gasteiger partial charge in [0.05, 0.1) is 18.8 Å². The summed E-state index contributed by atoms with van der Waals surface area (Å²) in [7, 11) is 0. The molecule has 1 aromatic rings. The van der Waals surface area contributed by atoms with Gasteiger partial charge in [0.1, 0.15) is 5.75 Å². The number of rotatable bonds is 7. The van der Waals surface area contributed by atoms with Gasteiger partial charge in [0.15, 0.2) is 0 Å². The highest BCUT2D eigenvalue weighted by Crippen LogP contribution is 2.18. The average Bonchev–Trinajstić information content (AvgIpc) is 2.39. The van der Waals surface area contributed by atoms with E-state index < -0.39 is 5.97 Å². The molecule has 1 amide bonds. The lowest BCUT2D eigenvalue weighted by atomic mass is 10.2. The summed E-state index contributed by atoms with van der Waals surface area (Å²) in [6, 6.07) is 6.20. The van der Waals surface area contributed by atoms with E-state index in [9.17, 15) is 14.7 Å². The van der Waals surface area contributed by atoms with Crippen LogP contribution in [0.15, 0.2) is 36.4 Å². The first-order chi connectivity index (χ1) is 9.41. The zero-order valence-corrected chi connectivity index (χ0v) is 11.2. The van der Waals surface area contributed by atoms with Gasteiger partial charge in [-0.3, -0.25) is 4.79 Å². The van der Waals surface area contributed by atoms with E-state index in [-0.39, 0.29) is 37.0 Å². The van der Waals surface area contributed by atoms with Crippen LogP contribution >= 0.6 is 0 Å². The lowest BCUT2D eigenvalue weighted by Gasteiger charge is -2.21. The standard InChI is InChI=1S/C14H17NO5/c1-10(14(18)19)9-20-8-7-15(11(2)16)12-3-5-13(17)6-4-12/h3-6,17H,1,7-9H2,2H3,(H,18,19). The lowest BCUT2D eigenvalue weighted by Crippen LogP contribution is -2.32. The molecule has 0 fully saturated rings. The van der Waals surface area contributed by atoms with Crippen LogP contribution < -0.4 is 4.90 Å². The first-order valence-electron chi connectivity index (χ1n) is 5.97. The van der Waals surface area contributed by atoms with E-state index in [2.05, 4.69) is 6.58 Å². The van der Waals surface area contributed by atoms with Crippen molar-refractivity contribution in [2.45, 2.75) is 6.92 Å². The lowest BCUT2D eigenvalue weighted by molar-refractivity contribution is -0.133. The maximum Gasteiger partial charge on any atom is 0.333 e. The van der Waals surface area contributed by atoms with Gasteiger partial charge in [-0.15, -0.1) is 0 Å². The van der Waals surface area contributed by atoms with E-state index in [0.717, 1.165) is 0 Å². The molecule has 0 aliphatic rings. The second-order valence-corrected chi connectivity index (χ2v) is 4.15. The van der Waals surface area contributed by atoms with Crippen molar-refractivity contribution in [3.05, 3.63) is 36.4 Å². The van der Waals surface area contributed by atoms with Gasteiger partial charge in [0.25, 0.3) is 0 Å². The van der Waals surface area contributed by atoms with Gasteiger partial charge >= 0.3 is 5.97 Å². The Morgan fingerprint density at radius 3 is 2.40 bits per heavy atom. The molecule has 1 rings (SSSR count). The molecule has 0 radical (unpaired) electrons. The number of phenols is 1. The summed E-state index contributed by atoms with van der Waals surface area (Å²) in [4.78, 5) is 23.6. The second kappa shape index (κ2) is 7.30. The average molecular weight is 279 g/mol. The molecular formula is C14H17NO5. The molecule has 0 aromatic heterocycles. The topological polar surface area (TPSA) is 87.1 Å². The Hall–Kier alpha value is -2.34. The quantitative estimate of drug-likeness (QED) is 0.582. The van der Waals surface area contributed by atoms with Crippen LogP contribution in [0.2, 0.25) is 0 Å². The minimum absolute atomic E-state index is 0.0380. The van der Waals surface area contributed by atoms with Crippen molar-refractivity contribution < 1.29 is 24.5 Å². The summed E-state index contributed by atoms with van der Waals surface area (Å²) < 4.78 is 5.16. The number of ether oxygens (including phenoxy) is 1. The number of aliphatic carboxylic acids is 1. The van der Waals surface area contributed by atoms with Crippen LogP contribution in [0.3, 0.4) is 0 Å².